The molecular weight excluding hydrogens is 274 g/mol. The van der Waals surface area contributed by atoms with Crippen LogP contribution < -0.4 is 5.32 Å². The van der Waals surface area contributed by atoms with Gasteiger partial charge in [-0.3, -0.25) is 14.9 Å². The second-order valence-electron chi connectivity index (χ2n) is 4.07. The molecule has 0 saturated carbocycles. The summed E-state index contributed by atoms with van der Waals surface area (Å²) in [7, 11) is 0. The number of nitrogens with zero attached hydrogens (tertiary/aromatic N) is 4. The van der Waals surface area contributed by atoms with Crippen LogP contribution in [0.15, 0.2) is 43.2 Å². The van der Waals surface area contributed by atoms with Crippen molar-refractivity contribution in [2.24, 2.45) is 0 Å². The number of pyridine rings is 1. The first-order valence-corrected chi connectivity index (χ1v) is 6.73. The monoisotopic (exact) mass is 285 g/mol. The Hall–Kier alpha value is -2.54. The van der Waals surface area contributed by atoms with E-state index in [1.54, 1.807) is 24.8 Å². The summed E-state index contributed by atoms with van der Waals surface area (Å²) < 4.78 is 1.36. The number of carbonyl (C=O) groups excluding carboxylic acids is 1. The lowest BCUT2D eigenvalue weighted by Gasteiger charge is -2.00. The molecule has 6 nitrogen and oxygen atoms in total. The Balaban J connectivity index is 1.85. The molecule has 0 bridgehead atoms. The number of hydrogen-bond donors (Lipinski definition) is 1. The van der Waals surface area contributed by atoms with Gasteiger partial charge in [0.05, 0.1) is 10.6 Å². The highest BCUT2D eigenvalue weighted by atomic mass is 32.1. The predicted molar refractivity (Wildman–Crippen MR) is 76.7 cm³/mol. The van der Waals surface area contributed by atoms with Crippen LogP contribution in [-0.4, -0.2) is 25.6 Å². The maximum Gasteiger partial charge on any atom is 0.333 e. The normalized spacial score (nSPS) is 10.4. The van der Waals surface area contributed by atoms with Crippen molar-refractivity contribution in [3.63, 3.8) is 0 Å². The summed E-state index contributed by atoms with van der Waals surface area (Å²) in [4.78, 5) is 25.1. The van der Waals surface area contributed by atoms with Gasteiger partial charge in [0.1, 0.15) is 6.33 Å². The predicted octanol–water partition coefficient (Wildman–Crippen LogP) is 2.79. The van der Waals surface area contributed by atoms with E-state index in [9.17, 15) is 4.79 Å². The Morgan fingerprint density at radius 2 is 2.05 bits per heavy atom. The number of nitrogens with one attached hydrogen (secondary N) is 1. The van der Waals surface area contributed by atoms with Crippen LogP contribution in [0.1, 0.15) is 5.69 Å². The molecular formula is C13H11N5OS. The van der Waals surface area contributed by atoms with Crippen LogP contribution in [0.5, 0.6) is 0 Å². The lowest BCUT2D eigenvalue weighted by atomic mass is 10.2. The van der Waals surface area contributed by atoms with E-state index < -0.39 is 0 Å². The Kier molecular flexibility index (Phi) is 3.26. The SMILES string of the molecule is Cc1nc(NC(=O)n2ccnc2)sc1-c1ccncc1. The molecule has 0 spiro atoms. The molecule has 3 heterocycles. The van der Waals surface area contributed by atoms with E-state index in [0.29, 0.717) is 5.13 Å². The van der Waals surface area contributed by atoms with Crippen LogP contribution >= 0.6 is 11.3 Å². The molecule has 100 valence electrons. The van der Waals surface area contributed by atoms with E-state index >= 15 is 0 Å². The standard InChI is InChI=1S/C13H11N5OS/c1-9-11(10-2-4-14-5-3-10)20-12(16-9)17-13(19)18-7-6-15-8-18/h2-8H,1H3,(H,16,17,19). The van der Waals surface area contributed by atoms with Gasteiger partial charge >= 0.3 is 6.03 Å². The second kappa shape index (κ2) is 5.22. The lowest BCUT2D eigenvalue weighted by Crippen LogP contribution is -2.17. The van der Waals surface area contributed by atoms with Crippen molar-refractivity contribution in [3.05, 3.63) is 48.9 Å². The van der Waals surface area contributed by atoms with Crippen LogP contribution in [0.25, 0.3) is 10.4 Å². The van der Waals surface area contributed by atoms with Crippen molar-refractivity contribution in [2.75, 3.05) is 5.32 Å². The zero-order chi connectivity index (χ0) is 13.9. The summed E-state index contributed by atoms with van der Waals surface area (Å²) in [5.41, 5.74) is 1.92. The Morgan fingerprint density at radius 1 is 1.25 bits per heavy atom. The molecule has 3 aromatic heterocycles. The lowest BCUT2D eigenvalue weighted by molar-refractivity contribution is 0.253. The first kappa shape index (κ1) is 12.5. The van der Waals surface area contributed by atoms with Gasteiger partial charge in [-0.15, -0.1) is 0 Å². The minimum Gasteiger partial charge on any atom is -0.283 e. The minimum absolute atomic E-state index is 0.280. The van der Waals surface area contributed by atoms with E-state index in [-0.39, 0.29) is 6.03 Å². The average Bonchev–Trinajstić information content (AvgIpc) is 3.09. The van der Waals surface area contributed by atoms with Crippen LogP contribution in [0.3, 0.4) is 0 Å². The van der Waals surface area contributed by atoms with Gasteiger partial charge in [0, 0.05) is 24.8 Å². The number of imidazole rings is 1. The minimum atomic E-state index is -0.280. The highest BCUT2D eigenvalue weighted by Crippen LogP contribution is 2.32. The molecule has 7 heteroatoms. The van der Waals surface area contributed by atoms with Gasteiger partial charge in [0.2, 0.25) is 0 Å². The van der Waals surface area contributed by atoms with Crippen LogP contribution in [-0.2, 0) is 0 Å². The van der Waals surface area contributed by atoms with Gasteiger partial charge in [-0.1, -0.05) is 11.3 Å². The molecule has 3 rings (SSSR count). The molecule has 0 aliphatic heterocycles. The van der Waals surface area contributed by atoms with E-state index in [1.165, 1.54) is 22.2 Å². The van der Waals surface area contributed by atoms with E-state index in [4.69, 9.17) is 0 Å². The number of amides is 1. The molecule has 1 N–H and O–H groups in total. The molecule has 1 amide bonds. The summed E-state index contributed by atoms with van der Waals surface area (Å²) in [6, 6.07) is 3.56. The average molecular weight is 285 g/mol. The van der Waals surface area contributed by atoms with E-state index in [0.717, 1.165) is 16.1 Å². The van der Waals surface area contributed by atoms with Crippen molar-refractivity contribution >= 4 is 22.5 Å². The maximum atomic E-state index is 11.9. The number of thiazole rings is 1. The fraction of sp³-hybridized carbons (Fsp3) is 0.0769. The quantitative estimate of drug-likeness (QED) is 0.785. The van der Waals surface area contributed by atoms with Crippen molar-refractivity contribution < 1.29 is 4.79 Å². The van der Waals surface area contributed by atoms with Crippen molar-refractivity contribution in [3.8, 4) is 10.4 Å². The zero-order valence-corrected chi connectivity index (χ0v) is 11.5. The number of hydrogen-bond acceptors (Lipinski definition) is 5. The summed E-state index contributed by atoms with van der Waals surface area (Å²) in [6.45, 7) is 1.92. The molecule has 20 heavy (non-hydrogen) atoms. The van der Waals surface area contributed by atoms with Gasteiger partial charge in [0.15, 0.2) is 5.13 Å². The van der Waals surface area contributed by atoms with Crippen molar-refractivity contribution in [1.82, 2.24) is 19.5 Å². The number of carbonyl (C=O) groups is 1. The number of anilines is 1. The molecule has 0 radical (unpaired) electrons. The third kappa shape index (κ3) is 2.43. The third-order valence-corrected chi connectivity index (χ3v) is 3.81. The van der Waals surface area contributed by atoms with E-state index in [2.05, 4.69) is 20.3 Å². The Labute approximate surface area is 119 Å². The smallest absolute Gasteiger partial charge is 0.283 e. The summed E-state index contributed by atoms with van der Waals surface area (Å²) in [6.07, 6.45) is 8.05. The molecule has 0 aromatic carbocycles. The molecule has 0 atom stereocenters. The maximum absolute atomic E-state index is 11.9. The fourth-order valence-electron chi connectivity index (χ4n) is 1.76. The van der Waals surface area contributed by atoms with Gasteiger partial charge in [-0.25, -0.2) is 14.8 Å². The van der Waals surface area contributed by atoms with Crippen LogP contribution in [0.2, 0.25) is 0 Å². The van der Waals surface area contributed by atoms with Gasteiger partial charge in [-0.05, 0) is 24.6 Å². The third-order valence-electron chi connectivity index (χ3n) is 2.69. The molecule has 0 unspecified atom stereocenters. The largest absolute Gasteiger partial charge is 0.333 e. The van der Waals surface area contributed by atoms with Crippen LogP contribution in [0.4, 0.5) is 9.93 Å². The number of rotatable bonds is 2. The van der Waals surface area contributed by atoms with E-state index in [1.807, 2.05) is 19.1 Å². The first-order chi connectivity index (χ1) is 9.74. The highest BCUT2D eigenvalue weighted by Gasteiger charge is 2.12. The molecule has 0 fully saturated rings. The van der Waals surface area contributed by atoms with Crippen LogP contribution in [0, 0.1) is 6.92 Å². The van der Waals surface area contributed by atoms with Crippen molar-refractivity contribution in [2.45, 2.75) is 6.92 Å². The Morgan fingerprint density at radius 3 is 2.75 bits per heavy atom. The van der Waals surface area contributed by atoms with Crippen molar-refractivity contribution in [1.29, 1.82) is 0 Å². The summed E-state index contributed by atoms with van der Waals surface area (Å²) in [5.74, 6) is 0. The number of aromatic nitrogens is 4. The summed E-state index contributed by atoms with van der Waals surface area (Å²) >= 11 is 1.43. The molecule has 0 aliphatic rings. The van der Waals surface area contributed by atoms with Gasteiger partial charge in [0.25, 0.3) is 0 Å². The fourth-order valence-corrected chi connectivity index (χ4v) is 2.72. The van der Waals surface area contributed by atoms with Gasteiger partial charge < -0.3 is 0 Å². The molecule has 0 aliphatic carbocycles. The second-order valence-corrected chi connectivity index (χ2v) is 5.07. The number of aryl methyl sites for hydroxylation is 1. The van der Waals surface area contributed by atoms with Gasteiger partial charge in [-0.2, -0.15) is 0 Å². The zero-order valence-electron chi connectivity index (χ0n) is 10.6. The first-order valence-electron chi connectivity index (χ1n) is 5.91. The highest BCUT2D eigenvalue weighted by molar-refractivity contribution is 7.19. The summed E-state index contributed by atoms with van der Waals surface area (Å²) in [5, 5.41) is 3.31. The molecule has 0 saturated heterocycles. The topological polar surface area (TPSA) is 72.7 Å². The Bertz CT molecular complexity index is 721. The molecule has 3 aromatic rings.